The summed E-state index contributed by atoms with van der Waals surface area (Å²) in [5.74, 6) is -1.01. The highest BCUT2D eigenvalue weighted by molar-refractivity contribution is 5.97. The Morgan fingerprint density at radius 1 is 0.850 bits per heavy atom. The highest BCUT2D eigenvalue weighted by atomic mass is 16.2. The van der Waals surface area contributed by atoms with Crippen LogP contribution in [0.1, 0.15) is 37.5 Å². The van der Waals surface area contributed by atoms with Crippen LogP contribution in [-0.2, 0) is 21.5 Å². The van der Waals surface area contributed by atoms with E-state index in [-0.39, 0.29) is 24.3 Å². The van der Waals surface area contributed by atoms with E-state index in [1.807, 2.05) is 93.6 Å². The lowest BCUT2D eigenvalue weighted by Gasteiger charge is -2.25. The molecule has 204 valence electrons. The molecule has 3 aromatic carbocycles. The predicted molar refractivity (Wildman–Crippen MR) is 158 cm³/mol. The Balaban J connectivity index is 1.66. The molecule has 40 heavy (non-hydrogen) atoms. The van der Waals surface area contributed by atoms with Crippen LogP contribution in [0.15, 0.2) is 107 Å². The number of rotatable bonds is 8. The summed E-state index contributed by atoms with van der Waals surface area (Å²) in [6, 6.07) is 27.1. The van der Waals surface area contributed by atoms with Crippen LogP contribution in [-0.4, -0.2) is 27.5 Å². The zero-order valence-electron chi connectivity index (χ0n) is 22.8. The monoisotopic (exact) mass is 536 g/mol. The van der Waals surface area contributed by atoms with Crippen molar-refractivity contribution in [3.63, 3.8) is 0 Å². The summed E-state index contributed by atoms with van der Waals surface area (Å²) < 4.78 is 2.49. The first-order chi connectivity index (χ1) is 19.1. The molecular formula is C32H32N4O4. The van der Waals surface area contributed by atoms with E-state index in [1.54, 1.807) is 18.2 Å². The zero-order valence-corrected chi connectivity index (χ0v) is 22.8. The minimum absolute atomic E-state index is 0.0232. The number of nitrogens with zero attached hydrogens (tertiary/aromatic N) is 2. The molecule has 8 heteroatoms. The Morgan fingerprint density at radius 3 is 2.15 bits per heavy atom. The van der Waals surface area contributed by atoms with Crippen molar-refractivity contribution < 1.29 is 9.59 Å². The van der Waals surface area contributed by atoms with Gasteiger partial charge in [-0.25, -0.2) is 9.36 Å². The fraction of sp³-hybridized carbons (Fsp3) is 0.188. The number of aromatic nitrogens is 2. The second-order valence-corrected chi connectivity index (χ2v) is 10.3. The van der Waals surface area contributed by atoms with Crippen molar-refractivity contribution in [3.05, 3.63) is 135 Å². The van der Waals surface area contributed by atoms with Gasteiger partial charge in [-0.3, -0.25) is 19.0 Å². The van der Waals surface area contributed by atoms with Gasteiger partial charge >= 0.3 is 5.69 Å². The summed E-state index contributed by atoms with van der Waals surface area (Å²) in [6.07, 6.45) is 2.98. The van der Waals surface area contributed by atoms with E-state index in [9.17, 15) is 19.2 Å². The molecule has 0 unspecified atom stereocenters. The standard InChI is InChI=1S/C32H32N4O4/c1-32(2,3)25-16-10-11-17-26(25)36-27(20-30(39)35(31(36)40)22-24-14-8-5-9-15-24)34-29(38)21-33-28(37)19-18-23-12-6-4-7-13-23/h4-20H,21-22H2,1-3H3,(H,33,37)(H,34,38)/b19-18+. The first kappa shape index (κ1) is 28.0. The molecule has 0 aliphatic heterocycles. The van der Waals surface area contributed by atoms with E-state index in [2.05, 4.69) is 10.6 Å². The van der Waals surface area contributed by atoms with Gasteiger partial charge in [-0.1, -0.05) is 99.6 Å². The lowest BCUT2D eigenvalue weighted by atomic mass is 9.85. The number of amides is 2. The number of carbonyl (C=O) groups excluding carboxylic acids is 2. The Labute approximate surface area is 232 Å². The summed E-state index contributed by atoms with van der Waals surface area (Å²) in [6.45, 7) is 5.79. The maximum absolute atomic E-state index is 13.9. The van der Waals surface area contributed by atoms with Crippen LogP contribution in [0.4, 0.5) is 5.82 Å². The number of carbonyl (C=O) groups is 2. The quantitative estimate of drug-likeness (QED) is 0.331. The van der Waals surface area contributed by atoms with Gasteiger partial charge in [-0.05, 0) is 34.2 Å². The van der Waals surface area contributed by atoms with Crippen LogP contribution in [0.5, 0.6) is 0 Å². The van der Waals surface area contributed by atoms with E-state index < -0.39 is 23.1 Å². The molecule has 2 amide bonds. The van der Waals surface area contributed by atoms with Crippen LogP contribution in [0.3, 0.4) is 0 Å². The zero-order chi connectivity index (χ0) is 28.7. The number of anilines is 1. The van der Waals surface area contributed by atoms with Crippen molar-refractivity contribution in [2.75, 3.05) is 11.9 Å². The fourth-order valence-corrected chi connectivity index (χ4v) is 4.27. The number of hydrogen-bond donors (Lipinski definition) is 2. The van der Waals surface area contributed by atoms with Gasteiger partial charge in [0.25, 0.3) is 5.56 Å². The van der Waals surface area contributed by atoms with Crippen LogP contribution < -0.4 is 21.9 Å². The molecule has 0 atom stereocenters. The largest absolute Gasteiger partial charge is 0.343 e. The second kappa shape index (κ2) is 12.3. The Kier molecular flexibility index (Phi) is 8.59. The SMILES string of the molecule is CC(C)(C)c1ccccc1-n1c(NC(=O)CNC(=O)/C=C/c2ccccc2)cc(=O)n(Cc2ccccc2)c1=O. The lowest BCUT2D eigenvalue weighted by Crippen LogP contribution is -2.42. The Morgan fingerprint density at radius 2 is 1.48 bits per heavy atom. The predicted octanol–water partition coefficient (Wildman–Crippen LogP) is 4.11. The second-order valence-electron chi connectivity index (χ2n) is 10.3. The van der Waals surface area contributed by atoms with Gasteiger partial charge in [-0.15, -0.1) is 0 Å². The average molecular weight is 537 g/mol. The first-order valence-corrected chi connectivity index (χ1v) is 12.9. The van der Waals surface area contributed by atoms with Crippen molar-refractivity contribution >= 4 is 23.7 Å². The third-order valence-corrected chi connectivity index (χ3v) is 6.24. The minimum atomic E-state index is -0.585. The number of hydrogen-bond acceptors (Lipinski definition) is 4. The molecule has 0 fully saturated rings. The summed E-state index contributed by atoms with van der Waals surface area (Å²) in [5, 5.41) is 5.19. The highest BCUT2D eigenvalue weighted by Crippen LogP contribution is 2.29. The molecule has 4 aromatic rings. The van der Waals surface area contributed by atoms with E-state index >= 15 is 0 Å². The summed E-state index contributed by atoms with van der Waals surface area (Å²) in [4.78, 5) is 52.1. The Bertz CT molecular complexity index is 1650. The van der Waals surface area contributed by atoms with Crippen molar-refractivity contribution in [1.29, 1.82) is 0 Å². The molecule has 0 bridgehead atoms. The minimum Gasteiger partial charge on any atom is -0.343 e. The van der Waals surface area contributed by atoms with Crippen molar-refractivity contribution in [2.24, 2.45) is 0 Å². The van der Waals surface area contributed by atoms with Crippen LogP contribution in [0.2, 0.25) is 0 Å². The molecule has 8 nitrogen and oxygen atoms in total. The third kappa shape index (κ3) is 6.91. The fourth-order valence-electron chi connectivity index (χ4n) is 4.27. The number of para-hydroxylation sites is 1. The van der Waals surface area contributed by atoms with Gasteiger partial charge in [0.2, 0.25) is 11.8 Å². The van der Waals surface area contributed by atoms with Crippen molar-refractivity contribution in [2.45, 2.75) is 32.7 Å². The van der Waals surface area contributed by atoms with Gasteiger partial charge in [0, 0.05) is 12.1 Å². The molecule has 0 spiro atoms. The van der Waals surface area contributed by atoms with Gasteiger partial charge < -0.3 is 10.6 Å². The van der Waals surface area contributed by atoms with Crippen molar-refractivity contribution in [3.8, 4) is 5.69 Å². The third-order valence-electron chi connectivity index (χ3n) is 6.24. The molecule has 0 saturated heterocycles. The highest BCUT2D eigenvalue weighted by Gasteiger charge is 2.23. The summed E-state index contributed by atoms with van der Waals surface area (Å²) >= 11 is 0. The molecule has 0 aliphatic carbocycles. The van der Waals surface area contributed by atoms with Gasteiger partial charge in [0.15, 0.2) is 0 Å². The summed E-state index contributed by atoms with van der Waals surface area (Å²) in [5.41, 5.74) is 1.57. The van der Waals surface area contributed by atoms with Crippen LogP contribution >= 0.6 is 0 Å². The van der Waals surface area contributed by atoms with Gasteiger partial charge in [-0.2, -0.15) is 0 Å². The molecule has 0 saturated carbocycles. The molecule has 4 rings (SSSR count). The van der Waals surface area contributed by atoms with E-state index in [1.165, 1.54) is 16.7 Å². The van der Waals surface area contributed by atoms with Gasteiger partial charge in [0.05, 0.1) is 18.8 Å². The number of benzene rings is 3. The maximum atomic E-state index is 13.9. The van der Waals surface area contributed by atoms with E-state index in [0.29, 0.717) is 5.69 Å². The molecule has 0 radical (unpaired) electrons. The molecule has 1 aromatic heterocycles. The smallest absolute Gasteiger partial charge is 0.337 e. The number of nitrogens with one attached hydrogen (secondary N) is 2. The molecule has 1 heterocycles. The van der Waals surface area contributed by atoms with E-state index in [4.69, 9.17) is 0 Å². The van der Waals surface area contributed by atoms with E-state index in [0.717, 1.165) is 21.3 Å². The topological polar surface area (TPSA) is 102 Å². The van der Waals surface area contributed by atoms with Crippen LogP contribution in [0, 0.1) is 0 Å². The molecular weight excluding hydrogens is 504 g/mol. The molecule has 2 N–H and O–H groups in total. The average Bonchev–Trinajstić information content (AvgIpc) is 2.94. The summed E-state index contributed by atoms with van der Waals surface area (Å²) in [7, 11) is 0. The van der Waals surface area contributed by atoms with Crippen molar-refractivity contribution in [1.82, 2.24) is 14.5 Å². The lowest BCUT2D eigenvalue weighted by molar-refractivity contribution is -0.121. The normalized spacial score (nSPS) is 11.4. The maximum Gasteiger partial charge on any atom is 0.337 e. The van der Waals surface area contributed by atoms with Crippen LogP contribution in [0.25, 0.3) is 11.8 Å². The van der Waals surface area contributed by atoms with Gasteiger partial charge in [0.1, 0.15) is 5.82 Å². The Hall–Kier alpha value is -4.98. The first-order valence-electron chi connectivity index (χ1n) is 12.9. The molecule has 0 aliphatic rings.